The molecule has 2 aliphatic heterocycles. The molecule has 6 nitrogen and oxygen atoms in total. The average molecular weight is 328 g/mol. The van der Waals surface area contributed by atoms with Crippen molar-refractivity contribution in [3.05, 3.63) is 48.6 Å². The Balaban J connectivity index is 1.33. The lowest BCUT2D eigenvalue weighted by atomic mass is 9.88. The van der Waals surface area contributed by atoms with Crippen LogP contribution in [0.5, 0.6) is 5.88 Å². The van der Waals surface area contributed by atoms with Crippen molar-refractivity contribution in [1.82, 2.24) is 9.88 Å². The zero-order valence-corrected chi connectivity index (χ0v) is 13.4. The van der Waals surface area contributed by atoms with Crippen LogP contribution in [-0.4, -0.2) is 47.2 Å². The highest BCUT2D eigenvalue weighted by Gasteiger charge is 2.44. The fourth-order valence-electron chi connectivity index (χ4n) is 3.49. The van der Waals surface area contributed by atoms with Gasteiger partial charge < -0.3 is 18.8 Å². The fourth-order valence-corrected chi connectivity index (χ4v) is 3.49. The predicted molar refractivity (Wildman–Crippen MR) is 85.8 cm³/mol. The Labute approximate surface area is 140 Å². The Bertz CT molecular complexity index is 678. The largest absolute Gasteiger partial charge is 0.472 e. The van der Waals surface area contributed by atoms with Gasteiger partial charge in [0, 0.05) is 31.8 Å². The Hall–Kier alpha value is -2.34. The van der Waals surface area contributed by atoms with Crippen LogP contribution in [-0.2, 0) is 4.74 Å². The summed E-state index contributed by atoms with van der Waals surface area (Å²) in [6, 6.07) is 9.07. The quantitative estimate of drug-likeness (QED) is 0.866. The van der Waals surface area contributed by atoms with Crippen molar-refractivity contribution in [2.75, 3.05) is 19.7 Å². The predicted octanol–water partition coefficient (Wildman–Crippen LogP) is 2.52. The lowest BCUT2D eigenvalue weighted by Gasteiger charge is -2.38. The van der Waals surface area contributed by atoms with Gasteiger partial charge in [-0.15, -0.1) is 0 Å². The van der Waals surface area contributed by atoms with Gasteiger partial charge in [-0.2, -0.15) is 0 Å². The standard InChI is InChI=1S/C18H20N2O4/c21-17(15-4-3-11-22-15)20-9-6-18(7-10-20)12-14(13-23-18)24-16-5-1-2-8-19-16/h1-5,8,11,14H,6-7,9-10,12-13H2. The van der Waals surface area contributed by atoms with E-state index in [-0.39, 0.29) is 17.6 Å². The van der Waals surface area contributed by atoms with Crippen molar-refractivity contribution in [2.45, 2.75) is 31.0 Å². The van der Waals surface area contributed by atoms with E-state index < -0.39 is 0 Å². The van der Waals surface area contributed by atoms with Crippen LogP contribution in [0.3, 0.4) is 0 Å². The molecule has 1 atom stereocenters. The summed E-state index contributed by atoms with van der Waals surface area (Å²) < 4.78 is 17.2. The molecule has 2 aromatic heterocycles. The lowest BCUT2D eigenvalue weighted by Crippen LogP contribution is -2.46. The normalized spacial score (nSPS) is 22.7. The molecule has 0 saturated carbocycles. The fraction of sp³-hybridized carbons (Fsp3) is 0.444. The van der Waals surface area contributed by atoms with E-state index in [0.29, 0.717) is 31.3 Å². The molecule has 2 saturated heterocycles. The zero-order chi connectivity index (χ0) is 16.4. The molecule has 0 aromatic carbocycles. The van der Waals surface area contributed by atoms with E-state index in [0.717, 1.165) is 19.3 Å². The molecule has 126 valence electrons. The highest BCUT2D eigenvalue weighted by molar-refractivity contribution is 5.91. The number of hydrogen-bond acceptors (Lipinski definition) is 5. The van der Waals surface area contributed by atoms with Crippen LogP contribution < -0.4 is 4.74 Å². The number of likely N-dealkylation sites (tertiary alicyclic amines) is 1. The summed E-state index contributed by atoms with van der Waals surface area (Å²) in [7, 11) is 0. The molecular weight excluding hydrogens is 308 g/mol. The van der Waals surface area contributed by atoms with Crippen molar-refractivity contribution >= 4 is 5.91 Å². The van der Waals surface area contributed by atoms with Gasteiger partial charge >= 0.3 is 0 Å². The Morgan fingerprint density at radius 2 is 2.12 bits per heavy atom. The SMILES string of the molecule is O=C(c1ccco1)N1CCC2(CC1)CC(Oc1ccccn1)CO2. The minimum Gasteiger partial charge on any atom is -0.472 e. The van der Waals surface area contributed by atoms with Gasteiger partial charge in [-0.25, -0.2) is 4.98 Å². The van der Waals surface area contributed by atoms with Crippen molar-refractivity contribution < 1.29 is 18.7 Å². The third kappa shape index (κ3) is 3.01. The summed E-state index contributed by atoms with van der Waals surface area (Å²) in [5.74, 6) is 0.984. The van der Waals surface area contributed by atoms with Gasteiger partial charge in [0.15, 0.2) is 5.76 Å². The maximum absolute atomic E-state index is 12.3. The first-order chi connectivity index (χ1) is 11.7. The summed E-state index contributed by atoms with van der Waals surface area (Å²) in [6.07, 6.45) is 5.75. The Kier molecular flexibility index (Phi) is 3.98. The van der Waals surface area contributed by atoms with Crippen molar-refractivity contribution in [2.24, 2.45) is 0 Å². The maximum atomic E-state index is 12.3. The molecule has 2 aromatic rings. The molecule has 1 unspecified atom stereocenters. The number of aromatic nitrogens is 1. The first-order valence-corrected chi connectivity index (χ1v) is 8.29. The number of carbonyl (C=O) groups excluding carboxylic acids is 1. The minimum absolute atomic E-state index is 0.0206. The highest BCUT2D eigenvalue weighted by atomic mass is 16.6. The molecule has 4 heterocycles. The molecule has 0 N–H and O–H groups in total. The molecule has 2 fully saturated rings. The third-order valence-electron chi connectivity index (χ3n) is 4.79. The second kappa shape index (κ2) is 6.28. The summed E-state index contributed by atoms with van der Waals surface area (Å²) in [5, 5.41) is 0. The third-order valence-corrected chi connectivity index (χ3v) is 4.79. The monoisotopic (exact) mass is 328 g/mol. The van der Waals surface area contributed by atoms with Crippen molar-refractivity contribution in [3.8, 4) is 5.88 Å². The van der Waals surface area contributed by atoms with Crippen LogP contribution in [0, 0.1) is 0 Å². The van der Waals surface area contributed by atoms with E-state index >= 15 is 0 Å². The maximum Gasteiger partial charge on any atom is 0.289 e. The Morgan fingerprint density at radius 3 is 2.83 bits per heavy atom. The molecule has 1 spiro atoms. The van der Waals surface area contributed by atoms with Crippen LogP contribution >= 0.6 is 0 Å². The van der Waals surface area contributed by atoms with Crippen LogP contribution in [0.1, 0.15) is 29.8 Å². The summed E-state index contributed by atoms with van der Waals surface area (Å²) in [5.41, 5.74) is -0.181. The first kappa shape index (κ1) is 15.2. The molecule has 24 heavy (non-hydrogen) atoms. The van der Waals surface area contributed by atoms with Crippen LogP contribution in [0.15, 0.2) is 47.2 Å². The number of pyridine rings is 1. The van der Waals surface area contributed by atoms with Crippen LogP contribution in [0.4, 0.5) is 0 Å². The van der Waals surface area contributed by atoms with E-state index in [1.54, 1.807) is 18.3 Å². The molecule has 6 heteroatoms. The molecule has 1 amide bonds. The highest BCUT2D eigenvalue weighted by Crippen LogP contribution is 2.37. The second-order valence-corrected chi connectivity index (χ2v) is 6.38. The zero-order valence-electron chi connectivity index (χ0n) is 13.4. The molecular formula is C18H20N2O4. The van der Waals surface area contributed by atoms with E-state index in [1.807, 2.05) is 23.1 Å². The Morgan fingerprint density at radius 1 is 1.25 bits per heavy atom. The van der Waals surface area contributed by atoms with E-state index in [1.165, 1.54) is 6.26 Å². The van der Waals surface area contributed by atoms with Gasteiger partial charge in [-0.05, 0) is 31.0 Å². The number of nitrogens with zero attached hydrogens (tertiary/aromatic N) is 2. The van der Waals surface area contributed by atoms with Gasteiger partial charge in [0.25, 0.3) is 5.91 Å². The van der Waals surface area contributed by atoms with Crippen LogP contribution in [0.2, 0.25) is 0 Å². The second-order valence-electron chi connectivity index (χ2n) is 6.38. The number of rotatable bonds is 3. The number of furan rings is 1. The molecule has 0 aliphatic carbocycles. The van der Waals surface area contributed by atoms with Crippen molar-refractivity contribution in [1.29, 1.82) is 0 Å². The number of hydrogen-bond donors (Lipinski definition) is 0. The van der Waals surface area contributed by atoms with Gasteiger partial charge in [-0.3, -0.25) is 4.79 Å². The van der Waals surface area contributed by atoms with Gasteiger partial charge in [0.05, 0.1) is 18.5 Å². The van der Waals surface area contributed by atoms with E-state index in [9.17, 15) is 4.79 Å². The van der Waals surface area contributed by atoms with Gasteiger partial charge in [-0.1, -0.05) is 6.07 Å². The molecule has 0 radical (unpaired) electrons. The summed E-state index contributed by atoms with van der Waals surface area (Å²) in [4.78, 5) is 18.4. The van der Waals surface area contributed by atoms with E-state index in [4.69, 9.17) is 13.9 Å². The molecule has 0 bridgehead atoms. The number of carbonyl (C=O) groups is 1. The summed E-state index contributed by atoms with van der Waals surface area (Å²) in [6.45, 7) is 1.92. The molecule has 4 rings (SSSR count). The number of ether oxygens (including phenoxy) is 2. The number of amides is 1. The topological polar surface area (TPSA) is 64.8 Å². The van der Waals surface area contributed by atoms with Crippen molar-refractivity contribution in [3.63, 3.8) is 0 Å². The van der Waals surface area contributed by atoms with Gasteiger partial charge in [0.2, 0.25) is 5.88 Å². The minimum atomic E-state index is -0.181. The lowest BCUT2D eigenvalue weighted by molar-refractivity contribution is -0.0400. The average Bonchev–Trinajstić information content (AvgIpc) is 3.27. The molecule has 2 aliphatic rings. The smallest absolute Gasteiger partial charge is 0.289 e. The van der Waals surface area contributed by atoms with Crippen LogP contribution in [0.25, 0.3) is 0 Å². The first-order valence-electron chi connectivity index (χ1n) is 8.29. The van der Waals surface area contributed by atoms with Gasteiger partial charge in [0.1, 0.15) is 6.10 Å². The summed E-state index contributed by atoms with van der Waals surface area (Å²) >= 11 is 0. The van der Waals surface area contributed by atoms with E-state index in [2.05, 4.69) is 4.98 Å². The number of piperidine rings is 1.